The Morgan fingerprint density at radius 2 is 0.844 bits per heavy atom. The number of aryl methyl sites for hydroxylation is 4. The topological polar surface area (TPSA) is 109 Å². The summed E-state index contributed by atoms with van der Waals surface area (Å²) in [7, 11) is 0. The van der Waals surface area contributed by atoms with Crippen LogP contribution in [0.3, 0.4) is 0 Å². The number of ketones is 2. The smallest absolute Gasteiger partial charge is 0.336 e. The van der Waals surface area contributed by atoms with E-state index in [4.69, 9.17) is 0 Å². The quantitative estimate of drug-likeness (QED) is 0.545. The van der Waals surface area contributed by atoms with Crippen LogP contribution in [0.15, 0.2) is 48.5 Å². The predicted molar refractivity (Wildman–Crippen MR) is 119 cm³/mol. The Bertz CT molecular complexity index is 1200. The molecule has 0 saturated carbocycles. The van der Waals surface area contributed by atoms with Crippen molar-refractivity contribution >= 4 is 23.5 Å². The molecular formula is C26H22O6. The molecule has 3 aromatic rings. The molecule has 32 heavy (non-hydrogen) atoms. The van der Waals surface area contributed by atoms with Crippen molar-refractivity contribution in [2.45, 2.75) is 27.7 Å². The molecular weight excluding hydrogens is 408 g/mol. The number of benzene rings is 3. The van der Waals surface area contributed by atoms with Gasteiger partial charge in [-0.2, -0.15) is 0 Å². The van der Waals surface area contributed by atoms with Gasteiger partial charge in [0.1, 0.15) is 0 Å². The third-order valence-corrected chi connectivity index (χ3v) is 5.38. The summed E-state index contributed by atoms with van der Waals surface area (Å²) in [6.07, 6.45) is 0. The molecule has 6 nitrogen and oxygen atoms in total. The minimum Gasteiger partial charge on any atom is -0.478 e. The number of carbonyl (C=O) groups excluding carboxylic acids is 2. The van der Waals surface area contributed by atoms with Crippen LogP contribution in [0.5, 0.6) is 0 Å². The monoisotopic (exact) mass is 430 g/mol. The fourth-order valence-electron chi connectivity index (χ4n) is 3.58. The van der Waals surface area contributed by atoms with Crippen LogP contribution in [0.2, 0.25) is 0 Å². The lowest BCUT2D eigenvalue weighted by Gasteiger charge is -2.14. The van der Waals surface area contributed by atoms with Gasteiger partial charge in [-0.25, -0.2) is 9.59 Å². The molecule has 2 N–H and O–H groups in total. The molecule has 0 unspecified atom stereocenters. The van der Waals surface area contributed by atoms with E-state index in [1.807, 2.05) is 12.1 Å². The van der Waals surface area contributed by atoms with Crippen molar-refractivity contribution in [3.8, 4) is 0 Å². The fourth-order valence-corrected chi connectivity index (χ4v) is 3.58. The lowest BCUT2D eigenvalue weighted by molar-refractivity contribution is 0.0677. The van der Waals surface area contributed by atoms with Crippen molar-refractivity contribution in [3.63, 3.8) is 0 Å². The Morgan fingerprint density at radius 3 is 1.16 bits per heavy atom. The molecule has 6 heteroatoms. The third-order valence-electron chi connectivity index (χ3n) is 5.38. The van der Waals surface area contributed by atoms with Crippen molar-refractivity contribution in [2.24, 2.45) is 0 Å². The van der Waals surface area contributed by atoms with Gasteiger partial charge in [0.15, 0.2) is 11.6 Å². The molecule has 0 spiro atoms. The van der Waals surface area contributed by atoms with Gasteiger partial charge in [0.05, 0.1) is 11.1 Å². The standard InChI is InChI=1S/C26H22O6/c1-13-5-7-15(3)17(9-13)23(27)19-11-22(26(31)32)20(12-21(19)25(29)30)24(28)18-10-14(2)6-8-16(18)4/h5-12H,1-4H3,(H,29,30)(H,31,32). The molecule has 0 radical (unpaired) electrons. The maximum absolute atomic E-state index is 13.2. The van der Waals surface area contributed by atoms with Gasteiger partial charge in [-0.05, 0) is 63.1 Å². The number of hydrogen-bond donors (Lipinski definition) is 2. The summed E-state index contributed by atoms with van der Waals surface area (Å²) < 4.78 is 0. The Labute approximate surface area is 185 Å². The molecule has 0 heterocycles. The maximum Gasteiger partial charge on any atom is 0.336 e. The number of carbonyl (C=O) groups is 4. The average molecular weight is 430 g/mol. The van der Waals surface area contributed by atoms with Crippen molar-refractivity contribution in [1.29, 1.82) is 0 Å². The average Bonchev–Trinajstić information content (AvgIpc) is 2.75. The summed E-state index contributed by atoms with van der Waals surface area (Å²) in [5.41, 5.74) is 2.02. The minimum atomic E-state index is -1.43. The van der Waals surface area contributed by atoms with E-state index in [9.17, 15) is 29.4 Å². The summed E-state index contributed by atoms with van der Waals surface area (Å²) in [5, 5.41) is 19.6. The van der Waals surface area contributed by atoms with Crippen molar-refractivity contribution in [1.82, 2.24) is 0 Å². The molecule has 0 saturated heterocycles. The second-order valence-electron chi connectivity index (χ2n) is 7.85. The number of rotatable bonds is 6. The van der Waals surface area contributed by atoms with E-state index in [0.717, 1.165) is 23.3 Å². The highest BCUT2D eigenvalue weighted by atomic mass is 16.4. The highest BCUT2D eigenvalue weighted by Gasteiger charge is 2.27. The Morgan fingerprint density at radius 1 is 0.500 bits per heavy atom. The summed E-state index contributed by atoms with van der Waals surface area (Å²) in [6.45, 7) is 7.01. The highest BCUT2D eigenvalue weighted by molar-refractivity contribution is 6.20. The van der Waals surface area contributed by atoms with E-state index in [-0.39, 0.29) is 22.3 Å². The van der Waals surface area contributed by atoms with E-state index >= 15 is 0 Å². The van der Waals surface area contributed by atoms with Gasteiger partial charge in [0.2, 0.25) is 0 Å². The summed E-state index contributed by atoms with van der Waals surface area (Å²) in [6, 6.07) is 12.3. The lowest BCUT2D eigenvalue weighted by atomic mass is 9.88. The van der Waals surface area contributed by atoms with Gasteiger partial charge in [-0.1, -0.05) is 35.4 Å². The SMILES string of the molecule is Cc1ccc(C)c(C(=O)c2cc(C(=O)O)c(C(=O)c3cc(C)ccc3C)cc2C(=O)O)c1. The molecule has 3 aromatic carbocycles. The van der Waals surface area contributed by atoms with E-state index < -0.39 is 34.6 Å². The number of carboxylic acids is 2. The van der Waals surface area contributed by atoms with Crippen LogP contribution in [0.1, 0.15) is 74.8 Å². The maximum atomic E-state index is 13.2. The summed E-state index contributed by atoms with van der Waals surface area (Å²) >= 11 is 0. The van der Waals surface area contributed by atoms with E-state index in [1.54, 1.807) is 52.0 Å². The van der Waals surface area contributed by atoms with Crippen molar-refractivity contribution in [2.75, 3.05) is 0 Å². The molecule has 0 fully saturated rings. The minimum absolute atomic E-state index is 0.275. The van der Waals surface area contributed by atoms with Gasteiger partial charge < -0.3 is 10.2 Å². The van der Waals surface area contributed by atoms with Crippen molar-refractivity contribution in [3.05, 3.63) is 104 Å². The Balaban J connectivity index is 2.27. The first-order valence-corrected chi connectivity index (χ1v) is 9.89. The molecule has 3 rings (SSSR count). The number of hydrogen-bond acceptors (Lipinski definition) is 4. The van der Waals surface area contributed by atoms with Crippen LogP contribution in [0.4, 0.5) is 0 Å². The second kappa shape index (κ2) is 8.59. The molecule has 0 aliphatic carbocycles. The number of aromatic carboxylic acids is 2. The van der Waals surface area contributed by atoms with Crippen LogP contribution < -0.4 is 0 Å². The van der Waals surface area contributed by atoms with Crippen LogP contribution in [0.25, 0.3) is 0 Å². The molecule has 162 valence electrons. The molecule has 0 aliphatic heterocycles. The molecule has 0 aromatic heterocycles. The van der Waals surface area contributed by atoms with Gasteiger partial charge in [-0.3, -0.25) is 9.59 Å². The van der Waals surface area contributed by atoms with Gasteiger partial charge in [-0.15, -0.1) is 0 Å². The zero-order valence-corrected chi connectivity index (χ0v) is 18.1. The molecule has 0 aliphatic rings. The third kappa shape index (κ3) is 4.21. The Kier molecular flexibility index (Phi) is 6.07. The largest absolute Gasteiger partial charge is 0.478 e. The summed E-state index contributed by atoms with van der Waals surface area (Å²) in [5.74, 6) is -4.08. The summed E-state index contributed by atoms with van der Waals surface area (Å²) in [4.78, 5) is 50.5. The van der Waals surface area contributed by atoms with Gasteiger partial charge in [0.25, 0.3) is 0 Å². The van der Waals surface area contributed by atoms with E-state index in [1.165, 1.54) is 0 Å². The van der Waals surface area contributed by atoms with Gasteiger partial charge in [0, 0.05) is 22.3 Å². The van der Waals surface area contributed by atoms with E-state index in [2.05, 4.69) is 0 Å². The molecule has 0 atom stereocenters. The fraction of sp³-hybridized carbons (Fsp3) is 0.154. The van der Waals surface area contributed by atoms with E-state index in [0.29, 0.717) is 11.1 Å². The van der Waals surface area contributed by atoms with Crippen LogP contribution in [-0.4, -0.2) is 33.7 Å². The first-order chi connectivity index (χ1) is 15.0. The van der Waals surface area contributed by atoms with Gasteiger partial charge >= 0.3 is 11.9 Å². The second-order valence-corrected chi connectivity index (χ2v) is 7.85. The lowest BCUT2D eigenvalue weighted by Crippen LogP contribution is -2.18. The molecule has 0 amide bonds. The van der Waals surface area contributed by atoms with Crippen LogP contribution in [0, 0.1) is 27.7 Å². The normalized spacial score (nSPS) is 10.6. The number of carboxylic acid groups (broad SMARTS) is 2. The first-order valence-electron chi connectivity index (χ1n) is 9.89. The zero-order chi connectivity index (χ0) is 23.7. The first kappa shape index (κ1) is 22.6. The van der Waals surface area contributed by atoms with Crippen LogP contribution >= 0.6 is 0 Å². The molecule has 0 bridgehead atoms. The zero-order valence-electron chi connectivity index (χ0n) is 18.1. The predicted octanol–water partition coefficient (Wildman–Crippen LogP) is 4.78. The van der Waals surface area contributed by atoms with Crippen molar-refractivity contribution < 1.29 is 29.4 Å². The Hall–Kier alpha value is -4.06. The van der Waals surface area contributed by atoms with Crippen LogP contribution in [-0.2, 0) is 0 Å². The highest BCUT2D eigenvalue weighted by Crippen LogP contribution is 2.26.